The highest BCUT2D eigenvalue weighted by Crippen LogP contribution is 2.19. The van der Waals surface area contributed by atoms with Crippen LogP contribution in [0.25, 0.3) is 0 Å². The van der Waals surface area contributed by atoms with Gasteiger partial charge in [-0.05, 0) is 32.1 Å². The van der Waals surface area contributed by atoms with Gasteiger partial charge >= 0.3 is 0 Å². The monoisotopic (exact) mass is 283 g/mol. The number of likely N-dealkylation sites (tertiary alicyclic amines) is 1. The van der Waals surface area contributed by atoms with Crippen molar-refractivity contribution in [3.63, 3.8) is 0 Å². The second-order valence-electron chi connectivity index (χ2n) is 6.83. The van der Waals surface area contributed by atoms with Crippen molar-refractivity contribution in [1.82, 2.24) is 0 Å². The van der Waals surface area contributed by atoms with E-state index in [4.69, 9.17) is 0 Å². The van der Waals surface area contributed by atoms with Gasteiger partial charge in [-0.2, -0.15) is 0 Å². The number of nitrogens with zero attached hydrogens (tertiary/aromatic N) is 1. The van der Waals surface area contributed by atoms with Crippen LogP contribution in [-0.2, 0) is 0 Å². The molecule has 0 atom stereocenters. The van der Waals surface area contributed by atoms with Gasteiger partial charge in [-0.15, -0.1) is 0 Å². The Morgan fingerprint density at radius 3 is 1.60 bits per heavy atom. The fourth-order valence-corrected chi connectivity index (χ4v) is 3.38. The Bertz CT molecular complexity index is 211. The molecule has 0 radical (unpaired) electrons. The molecule has 0 amide bonds. The van der Waals surface area contributed by atoms with Crippen molar-refractivity contribution in [2.45, 2.75) is 96.8 Å². The van der Waals surface area contributed by atoms with Crippen LogP contribution in [-0.4, -0.2) is 24.3 Å². The van der Waals surface area contributed by atoms with Crippen LogP contribution in [0.15, 0.2) is 0 Å². The first-order valence-electron chi connectivity index (χ1n) is 9.34. The van der Waals surface area contributed by atoms with E-state index in [0.717, 1.165) is 38.9 Å². The average Bonchev–Trinajstić information content (AvgIpc) is 2.45. The van der Waals surface area contributed by atoms with Crippen LogP contribution in [0, 0.1) is 5.21 Å². The molecule has 120 valence electrons. The summed E-state index contributed by atoms with van der Waals surface area (Å²) >= 11 is 0. The van der Waals surface area contributed by atoms with Crippen molar-refractivity contribution in [2.75, 3.05) is 19.6 Å². The maximum atomic E-state index is 12.3. The Kier molecular flexibility index (Phi) is 10.4. The molecule has 1 aliphatic rings. The highest BCUT2D eigenvalue weighted by atomic mass is 16.5. The van der Waals surface area contributed by atoms with Gasteiger partial charge in [-0.25, -0.2) is 0 Å². The molecule has 1 saturated heterocycles. The van der Waals surface area contributed by atoms with Gasteiger partial charge < -0.3 is 9.85 Å². The van der Waals surface area contributed by atoms with Crippen molar-refractivity contribution >= 4 is 0 Å². The largest absolute Gasteiger partial charge is 0.633 e. The van der Waals surface area contributed by atoms with E-state index in [0.29, 0.717) is 0 Å². The van der Waals surface area contributed by atoms with Gasteiger partial charge in [0.05, 0.1) is 19.6 Å². The summed E-state index contributed by atoms with van der Waals surface area (Å²) < 4.78 is 0.122. The van der Waals surface area contributed by atoms with Crippen LogP contribution >= 0.6 is 0 Å². The molecule has 2 heteroatoms. The van der Waals surface area contributed by atoms with Crippen LogP contribution in [0.2, 0.25) is 0 Å². The van der Waals surface area contributed by atoms with Crippen LogP contribution in [0.5, 0.6) is 0 Å². The molecule has 0 unspecified atom stereocenters. The number of hydroxylamine groups is 3. The molecule has 0 aliphatic carbocycles. The first-order valence-corrected chi connectivity index (χ1v) is 9.34. The maximum absolute atomic E-state index is 12.3. The van der Waals surface area contributed by atoms with Crippen LogP contribution in [0.1, 0.15) is 96.8 Å². The molecule has 2 nitrogen and oxygen atoms in total. The van der Waals surface area contributed by atoms with Gasteiger partial charge in [0.25, 0.3) is 0 Å². The number of piperidine rings is 1. The molecular weight excluding hydrogens is 246 g/mol. The summed E-state index contributed by atoms with van der Waals surface area (Å²) in [6.45, 7) is 4.94. The zero-order valence-corrected chi connectivity index (χ0v) is 13.9. The molecule has 0 aromatic carbocycles. The van der Waals surface area contributed by atoms with Gasteiger partial charge in [0.1, 0.15) is 0 Å². The number of unbranched alkanes of at least 4 members (excludes halogenated alkanes) is 10. The minimum atomic E-state index is 0.122. The van der Waals surface area contributed by atoms with Gasteiger partial charge in [0, 0.05) is 0 Å². The Labute approximate surface area is 127 Å². The quantitative estimate of drug-likeness (QED) is 0.252. The highest BCUT2D eigenvalue weighted by molar-refractivity contribution is 4.55. The molecular formula is C18H37NO. The Morgan fingerprint density at radius 2 is 1.10 bits per heavy atom. The fourth-order valence-electron chi connectivity index (χ4n) is 3.38. The number of quaternary nitrogens is 1. The lowest BCUT2D eigenvalue weighted by molar-refractivity contribution is -0.885. The second-order valence-corrected chi connectivity index (χ2v) is 6.83. The topological polar surface area (TPSA) is 23.1 Å². The zero-order chi connectivity index (χ0) is 14.5. The molecule has 0 N–H and O–H groups in total. The first kappa shape index (κ1) is 18.0. The van der Waals surface area contributed by atoms with Crippen molar-refractivity contribution in [3.8, 4) is 0 Å². The Morgan fingerprint density at radius 1 is 0.650 bits per heavy atom. The third-order valence-electron chi connectivity index (χ3n) is 4.80. The molecule has 1 aliphatic heterocycles. The zero-order valence-electron chi connectivity index (χ0n) is 13.9. The van der Waals surface area contributed by atoms with Crippen molar-refractivity contribution in [3.05, 3.63) is 5.21 Å². The summed E-state index contributed by atoms with van der Waals surface area (Å²) in [5.41, 5.74) is 0. The molecule has 1 heterocycles. The lowest BCUT2D eigenvalue weighted by Gasteiger charge is -2.45. The van der Waals surface area contributed by atoms with Gasteiger partial charge in [-0.3, -0.25) is 0 Å². The second kappa shape index (κ2) is 11.6. The van der Waals surface area contributed by atoms with Gasteiger partial charge in [0.2, 0.25) is 0 Å². The predicted octanol–water partition coefficient (Wildman–Crippen LogP) is 5.80. The van der Waals surface area contributed by atoms with Crippen molar-refractivity contribution in [2.24, 2.45) is 0 Å². The standard InChI is InChI=1S/C18H37NO/c1-2-3-4-5-6-7-8-9-10-11-13-16-19(20)17-14-12-15-18-19/h2-18H2,1H3. The normalized spacial score (nSPS) is 18.3. The predicted molar refractivity (Wildman–Crippen MR) is 88.5 cm³/mol. The lowest BCUT2D eigenvalue weighted by atomic mass is 10.1. The molecule has 0 aromatic heterocycles. The molecule has 0 bridgehead atoms. The maximum Gasteiger partial charge on any atom is 0.0783 e. The highest BCUT2D eigenvalue weighted by Gasteiger charge is 2.19. The third-order valence-corrected chi connectivity index (χ3v) is 4.80. The van der Waals surface area contributed by atoms with E-state index in [9.17, 15) is 5.21 Å². The van der Waals surface area contributed by atoms with Crippen LogP contribution in [0.4, 0.5) is 0 Å². The summed E-state index contributed by atoms with van der Waals surface area (Å²) in [4.78, 5) is 0. The number of hydrogen-bond acceptors (Lipinski definition) is 1. The van der Waals surface area contributed by atoms with E-state index in [2.05, 4.69) is 6.92 Å². The third kappa shape index (κ3) is 8.97. The van der Waals surface area contributed by atoms with Crippen molar-refractivity contribution in [1.29, 1.82) is 0 Å². The smallest absolute Gasteiger partial charge is 0.0783 e. The van der Waals surface area contributed by atoms with E-state index in [1.54, 1.807) is 0 Å². The van der Waals surface area contributed by atoms with Gasteiger partial charge in [0.15, 0.2) is 0 Å². The van der Waals surface area contributed by atoms with Crippen molar-refractivity contribution < 1.29 is 4.65 Å². The molecule has 0 aromatic rings. The van der Waals surface area contributed by atoms with E-state index >= 15 is 0 Å². The summed E-state index contributed by atoms with van der Waals surface area (Å²) in [7, 11) is 0. The van der Waals surface area contributed by atoms with E-state index < -0.39 is 0 Å². The fraction of sp³-hybridized carbons (Fsp3) is 1.00. The van der Waals surface area contributed by atoms with Crippen LogP contribution < -0.4 is 0 Å². The van der Waals surface area contributed by atoms with E-state index in [-0.39, 0.29) is 4.65 Å². The van der Waals surface area contributed by atoms with Gasteiger partial charge in [-0.1, -0.05) is 64.7 Å². The number of hydrogen-bond donors (Lipinski definition) is 0. The molecule has 1 rings (SSSR count). The molecule has 0 spiro atoms. The van der Waals surface area contributed by atoms with Crippen LogP contribution in [0.3, 0.4) is 0 Å². The Hall–Kier alpha value is -0.0800. The first-order chi connectivity index (χ1) is 9.77. The number of rotatable bonds is 12. The summed E-state index contributed by atoms with van der Waals surface area (Å²) in [5, 5.41) is 12.3. The average molecular weight is 284 g/mol. The summed E-state index contributed by atoms with van der Waals surface area (Å²) in [6.07, 6.45) is 18.6. The lowest BCUT2D eigenvalue weighted by Crippen LogP contribution is -2.46. The summed E-state index contributed by atoms with van der Waals surface area (Å²) in [5.74, 6) is 0. The minimum Gasteiger partial charge on any atom is -0.633 e. The van der Waals surface area contributed by atoms with E-state index in [1.807, 2.05) is 0 Å². The van der Waals surface area contributed by atoms with E-state index in [1.165, 1.54) is 70.6 Å². The SMILES string of the molecule is CCCCCCCCCCCCC[N+]1([O-])CCCCC1. The summed E-state index contributed by atoms with van der Waals surface area (Å²) in [6, 6.07) is 0. The molecule has 0 saturated carbocycles. The Balaban J connectivity index is 1.80. The molecule has 1 fully saturated rings. The minimum absolute atomic E-state index is 0.122. The molecule has 20 heavy (non-hydrogen) atoms.